The Balaban J connectivity index is 2.28. The second-order valence-corrected chi connectivity index (χ2v) is 3.95. The van der Waals surface area contributed by atoms with Crippen LogP contribution in [0, 0.1) is 0 Å². The summed E-state index contributed by atoms with van der Waals surface area (Å²) < 4.78 is 1.58. The predicted octanol–water partition coefficient (Wildman–Crippen LogP) is 0.585. The molecular formula is C10H15N3O2. The molecule has 0 amide bonds. The molecule has 5 nitrogen and oxygen atoms in total. The lowest BCUT2D eigenvalue weighted by atomic mass is 9.94. The van der Waals surface area contributed by atoms with Crippen LogP contribution in [0.4, 0.5) is 0 Å². The monoisotopic (exact) mass is 209 g/mol. The number of nitrogens with one attached hydrogen (secondary N) is 1. The number of hydrogen-bond acceptors (Lipinski definition) is 3. The fraction of sp³-hybridized carbons (Fsp3) is 0.600. The molecular weight excluding hydrogens is 194 g/mol. The molecule has 2 N–H and O–H groups in total. The lowest BCUT2D eigenvalue weighted by molar-refractivity contribution is 0.0695. The van der Waals surface area contributed by atoms with Crippen LogP contribution in [0.2, 0.25) is 0 Å². The molecule has 82 valence electrons. The Kier molecular flexibility index (Phi) is 2.73. The van der Waals surface area contributed by atoms with E-state index in [9.17, 15) is 4.79 Å². The topological polar surface area (TPSA) is 67.2 Å². The Morgan fingerprint density at radius 3 is 3.13 bits per heavy atom. The van der Waals surface area contributed by atoms with Gasteiger partial charge in [0.15, 0.2) is 0 Å². The van der Waals surface area contributed by atoms with Gasteiger partial charge in [-0.3, -0.25) is 4.68 Å². The van der Waals surface area contributed by atoms with Gasteiger partial charge in [-0.1, -0.05) is 0 Å². The van der Waals surface area contributed by atoms with E-state index in [1.54, 1.807) is 17.9 Å². The normalized spacial score (nSPS) is 21.5. The molecule has 1 atom stereocenters. The Hall–Kier alpha value is -1.36. The van der Waals surface area contributed by atoms with E-state index in [0.717, 1.165) is 31.6 Å². The van der Waals surface area contributed by atoms with Gasteiger partial charge >= 0.3 is 5.97 Å². The highest BCUT2D eigenvalue weighted by Gasteiger charge is 2.24. The smallest absolute Gasteiger partial charge is 0.339 e. The standard InChI is InChI=1S/C10H15N3O2/c1-13-6-8(10(14)15)9(12-13)7-3-2-4-11-5-7/h6-7,11H,2-5H2,1H3,(H,14,15). The number of hydrogen-bond donors (Lipinski definition) is 2. The Morgan fingerprint density at radius 2 is 2.53 bits per heavy atom. The number of aryl methyl sites for hydroxylation is 1. The minimum absolute atomic E-state index is 0.242. The first-order valence-electron chi connectivity index (χ1n) is 5.16. The third kappa shape index (κ3) is 2.02. The van der Waals surface area contributed by atoms with E-state index < -0.39 is 5.97 Å². The fourth-order valence-corrected chi connectivity index (χ4v) is 2.06. The number of piperidine rings is 1. The lowest BCUT2D eigenvalue weighted by Crippen LogP contribution is -2.29. The van der Waals surface area contributed by atoms with E-state index in [-0.39, 0.29) is 5.92 Å². The van der Waals surface area contributed by atoms with E-state index in [1.807, 2.05) is 0 Å². The second kappa shape index (κ2) is 4.02. The maximum Gasteiger partial charge on any atom is 0.339 e. The summed E-state index contributed by atoms with van der Waals surface area (Å²) in [6.07, 6.45) is 3.68. The average Bonchev–Trinajstić information content (AvgIpc) is 2.62. The third-order valence-electron chi connectivity index (χ3n) is 2.77. The van der Waals surface area contributed by atoms with E-state index in [2.05, 4.69) is 10.4 Å². The Bertz CT molecular complexity index is 367. The molecule has 1 saturated heterocycles. The largest absolute Gasteiger partial charge is 0.478 e. The van der Waals surface area contributed by atoms with Gasteiger partial charge in [0.1, 0.15) is 5.56 Å². The van der Waals surface area contributed by atoms with Crippen LogP contribution in [0.15, 0.2) is 6.20 Å². The molecule has 1 aliphatic heterocycles. The SMILES string of the molecule is Cn1cc(C(=O)O)c(C2CCCNC2)n1. The molecule has 1 unspecified atom stereocenters. The van der Waals surface area contributed by atoms with Crippen LogP contribution in [0.3, 0.4) is 0 Å². The zero-order valence-electron chi connectivity index (χ0n) is 8.73. The number of rotatable bonds is 2. The van der Waals surface area contributed by atoms with Crippen molar-refractivity contribution in [1.82, 2.24) is 15.1 Å². The van der Waals surface area contributed by atoms with Gasteiger partial charge in [-0.25, -0.2) is 4.79 Å². The summed E-state index contributed by atoms with van der Waals surface area (Å²) in [5.41, 5.74) is 1.06. The van der Waals surface area contributed by atoms with Gasteiger partial charge < -0.3 is 10.4 Å². The highest BCUT2D eigenvalue weighted by atomic mass is 16.4. The Labute approximate surface area is 88.1 Å². The maximum absolute atomic E-state index is 11.0. The van der Waals surface area contributed by atoms with Crippen LogP contribution in [0.25, 0.3) is 0 Å². The van der Waals surface area contributed by atoms with Crippen molar-refractivity contribution in [2.24, 2.45) is 7.05 Å². The molecule has 0 aromatic carbocycles. The number of carboxylic acids is 1. The van der Waals surface area contributed by atoms with Crippen LogP contribution in [0.5, 0.6) is 0 Å². The van der Waals surface area contributed by atoms with E-state index in [1.165, 1.54) is 0 Å². The summed E-state index contributed by atoms with van der Waals surface area (Å²) in [6, 6.07) is 0. The van der Waals surface area contributed by atoms with Crippen LogP contribution in [0.1, 0.15) is 34.8 Å². The predicted molar refractivity (Wildman–Crippen MR) is 55.0 cm³/mol. The van der Waals surface area contributed by atoms with Gasteiger partial charge in [-0.05, 0) is 19.4 Å². The molecule has 0 bridgehead atoms. The quantitative estimate of drug-likeness (QED) is 0.748. The zero-order chi connectivity index (χ0) is 10.8. The molecule has 5 heteroatoms. The molecule has 0 aliphatic carbocycles. The van der Waals surface area contributed by atoms with E-state index >= 15 is 0 Å². The van der Waals surface area contributed by atoms with Gasteiger partial charge in [0, 0.05) is 25.7 Å². The second-order valence-electron chi connectivity index (χ2n) is 3.95. The minimum Gasteiger partial charge on any atom is -0.478 e. The highest BCUT2D eigenvalue weighted by Crippen LogP contribution is 2.24. The average molecular weight is 209 g/mol. The highest BCUT2D eigenvalue weighted by molar-refractivity contribution is 5.88. The summed E-state index contributed by atoms with van der Waals surface area (Å²) in [4.78, 5) is 11.0. The number of carboxylic acid groups (broad SMARTS) is 1. The number of aromatic carboxylic acids is 1. The molecule has 2 rings (SSSR count). The van der Waals surface area contributed by atoms with Gasteiger partial charge in [0.2, 0.25) is 0 Å². The van der Waals surface area contributed by atoms with Crippen molar-refractivity contribution in [3.05, 3.63) is 17.5 Å². The van der Waals surface area contributed by atoms with E-state index in [0.29, 0.717) is 5.56 Å². The maximum atomic E-state index is 11.0. The van der Waals surface area contributed by atoms with Crippen molar-refractivity contribution < 1.29 is 9.90 Å². The molecule has 0 saturated carbocycles. The summed E-state index contributed by atoms with van der Waals surface area (Å²) in [5.74, 6) is -0.644. The van der Waals surface area contributed by atoms with Gasteiger partial charge in [-0.2, -0.15) is 5.10 Å². The van der Waals surface area contributed by atoms with E-state index in [4.69, 9.17) is 5.11 Å². The van der Waals surface area contributed by atoms with Gasteiger partial charge in [0.05, 0.1) is 5.69 Å². The summed E-state index contributed by atoms with van der Waals surface area (Å²) >= 11 is 0. The molecule has 15 heavy (non-hydrogen) atoms. The zero-order valence-corrected chi connectivity index (χ0v) is 8.73. The third-order valence-corrected chi connectivity index (χ3v) is 2.77. The molecule has 2 heterocycles. The van der Waals surface area contributed by atoms with Crippen LogP contribution in [-0.4, -0.2) is 33.9 Å². The van der Waals surface area contributed by atoms with Gasteiger partial charge in [0.25, 0.3) is 0 Å². The summed E-state index contributed by atoms with van der Waals surface area (Å²) in [6.45, 7) is 1.85. The van der Waals surface area contributed by atoms with Crippen LogP contribution in [-0.2, 0) is 7.05 Å². The first-order valence-corrected chi connectivity index (χ1v) is 5.16. The first kappa shape index (κ1) is 10.2. The molecule has 0 spiro atoms. The molecule has 1 aromatic rings. The van der Waals surface area contributed by atoms with Crippen molar-refractivity contribution in [1.29, 1.82) is 0 Å². The summed E-state index contributed by atoms with van der Waals surface area (Å²) in [7, 11) is 1.76. The Morgan fingerprint density at radius 1 is 1.73 bits per heavy atom. The van der Waals surface area contributed by atoms with Crippen molar-refractivity contribution in [3.8, 4) is 0 Å². The number of nitrogens with zero attached hydrogens (tertiary/aromatic N) is 2. The number of carbonyl (C=O) groups is 1. The first-order chi connectivity index (χ1) is 7.18. The van der Waals surface area contributed by atoms with Crippen molar-refractivity contribution in [2.45, 2.75) is 18.8 Å². The minimum atomic E-state index is -0.885. The number of aromatic nitrogens is 2. The summed E-state index contributed by atoms with van der Waals surface area (Å²) in [5, 5.41) is 16.6. The molecule has 1 aliphatic rings. The fourth-order valence-electron chi connectivity index (χ4n) is 2.06. The molecule has 1 fully saturated rings. The molecule has 0 radical (unpaired) electrons. The molecule has 1 aromatic heterocycles. The van der Waals surface area contributed by atoms with Crippen molar-refractivity contribution in [2.75, 3.05) is 13.1 Å². The van der Waals surface area contributed by atoms with Crippen molar-refractivity contribution in [3.63, 3.8) is 0 Å². The van der Waals surface area contributed by atoms with Crippen molar-refractivity contribution >= 4 is 5.97 Å². The van der Waals surface area contributed by atoms with Crippen LogP contribution < -0.4 is 5.32 Å². The van der Waals surface area contributed by atoms with Crippen LogP contribution >= 0.6 is 0 Å². The lowest BCUT2D eigenvalue weighted by Gasteiger charge is -2.21. The van der Waals surface area contributed by atoms with Gasteiger partial charge in [-0.15, -0.1) is 0 Å².